The number of allylic oxidation sites excluding steroid dienone is 5. The van der Waals surface area contributed by atoms with E-state index in [1.807, 2.05) is 36.0 Å². The first kappa shape index (κ1) is 21.2. The third-order valence-corrected chi connectivity index (χ3v) is 6.57. The van der Waals surface area contributed by atoms with Gasteiger partial charge in [-0.2, -0.15) is 5.10 Å². The summed E-state index contributed by atoms with van der Waals surface area (Å²) in [6.07, 6.45) is 11.2. The number of methoxy groups -OCH3 is 1. The number of carbonyl (C=O) groups is 1. The van der Waals surface area contributed by atoms with Gasteiger partial charge < -0.3 is 9.47 Å². The van der Waals surface area contributed by atoms with Gasteiger partial charge in [0.15, 0.2) is 5.60 Å². The number of benzene rings is 1. The van der Waals surface area contributed by atoms with Gasteiger partial charge in [-0.25, -0.2) is 13.9 Å². The van der Waals surface area contributed by atoms with Crippen molar-refractivity contribution in [2.45, 2.75) is 37.4 Å². The van der Waals surface area contributed by atoms with Crippen LogP contribution in [0.3, 0.4) is 0 Å². The Labute approximate surface area is 191 Å². The minimum absolute atomic E-state index is 0.407. The van der Waals surface area contributed by atoms with E-state index in [4.69, 9.17) is 9.47 Å². The van der Waals surface area contributed by atoms with Gasteiger partial charge in [-0.05, 0) is 55.7 Å². The van der Waals surface area contributed by atoms with E-state index < -0.39 is 23.0 Å². The highest BCUT2D eigenvalue weighted by molar-refractivity contribution is 5.92. The molecule has 6 heteroatoms. The second-order valence-electron chi connectivity index (χ2n) is 8.35. The molecule has 1 saturated heterocycles. The van der Waals surface area contributed by atoms with Crippen molar-refractivity contribution >= 4 is 17.7 Å². The van der Waals surface area contributed by atoms with Crippen LogP contribution in [-0.2, 0) is 15.9 Å². The zero-order valence-corrected chi connectivity index (χ0v) is 18.5. The largest absolute Gasteiger partial charge is 0.465 e. The van der Waals surface area contributed by atoms with Crippen LogP contribution in [0.15, 0.2) is 66.7 Å². The molecule has 1 aromatic heterocycles. The lowest BCUT2D eigenvalue weighted by Gasteiger charge is -2.19. The Kier molecular flexibility index (Phi) is 4.95. The van der Waals surface area contributed by atoms with Crippen molar-refractivity contribution in [3.63, 3.8) is 0 Å². The predicted octanol–water partition coefficient (Wildman–Crippen LogP) is 4.86. The molecule has 5 nitrogen and oxygen atoms in total. The fourth-order valence-electron chi connectivity index (χ4n) is 4.87. The van der Waals surface area contributed by atoms with Crippen LogP contribution in [0, 0.1) is 11.8 Å². The smallest absolute Gasteiger partial charge is 0.339 e. The SMILES string of the molecule is C=C(F)/C=C\C(=C/C)n1ncc2c1C=C1CCC3(C#Cc4ccccc4C(=O)OC)OC13C2. The summed E-state index contributed by atoms with van der Waals surface area (Å²) in [5, 5.41) is 4.54. The first-order valence-corrected chi connectivity index (χ1v) is 10.8. The molecule has 0 amide bonds. The fourth-order valence-corrected chi connectivity index (χ4v) is 4.87. The van der Waals surface area contributed by atoms with Gasteiger partial charge in [0.05, 0.1) is 30.3 Å². The lowest BCUT2D eigenvalue weighted by atomic mass is 9.83. The highest BCUT2D eigenvalue weighted by Gasteiger charge is 2.75. The van der Waals surface area contributed by atoms with Gasteiger partial charge in [0.1, 0.15) is 11.4 Å². The Morgan fingerprint density at radius 2 is 2.18 bits per heavy atom. The van der Waals surface area contributed by atoms with Crippen molar-refractivity contribution in [3.8, 4) is 11.8 Å². The number of hydrogen-bond donors (Lipinski definition) is 0. The van der Waals surface area contributed by atoms with Crippen LogP contribution in [0.4, 0.5) is 4.39 Å². The molecule has 2 fully saturated rings. The van der Waals surface area contributed by atoms with E-state index in [-0.39, 0.29) is 0 Å². The predicted molar refractivity (Wildman–Crippen MR) is 124 cm³/mol. The van der Waals surface area contributed by atoms with E-state index >= 15 is 0 Å². The Balaban J connectivity index is 1.46. The quantitative estimate of drug-likeness (QED) is 0.294. The normalized spacial score (nSPS) is 24.8. The summed E-state index contributed by atoms with van der Waals surface area (Å²) in [5.74, 6) is 5.60. The molecule has 0 N–H and O–H groups in total. The van der Waals surface area contributed by atoms with Crippen LogP contribution in [0.1, 0.15) is 46.9 Å². The third kappa shape index (κ3) is 3.28. The topological polar surface area (TPSA) is 56.7 Å². The lowest BCUT2D eigenvalue weighted by Crippen LogP contribution is -2.25. The second kappa shape index (κ2) is 7.72. The van der Waals surface area contributed by atoms with Crippen molar-refractivity contribution in [1.29, 1.82) is 0 Å². The van der Waals surface area contributed by atoms with Gasteiger partial charge in [0.2, 0.25) is 0 Å². The molecule has 2 aliphatic carbocycles. The van der Waals surface area contributed by atoms with Gasteiger partial charge in [-0.1, -0.05) is 36.6 Å². The first-order chi connectivity index (χ1) is 15.9. The molecule has 2 unspecified atom stereocenters. The Hall–Kier alpha value is -3.69. The molecule has 1 aliphatic heterocycles. The number of rotatable bonds is 4. The van der Waals surface area contributed by atoms with Crippen LogP contribution < -0.4 is 0 Å². The van der Waals surface area contributed by atoms with Crippen LogP contribution in [0.5, 0.6) is 0 Å². The van der Waals surface area contributed by atoms with Crippen molar-refractivity contribution in [1.82, 2.24) is 9.78 Å². The number of nitrogens with zero attached hydrogens (tertiary/aromatic N) is 2. The zero-order valence-electron chi connectivity index (χ0n) is 18.5. The van der Waals surface area contributed by atoms with Crippen LogP contribution in [0.2, 0.25) is 0 Å². The van der Waals surface area contributed by atoms with E-state index in [1.165, 1.54) is 18.8 Å². The molecule has 0 radical (unpaired) electrons. The van der Waals surface area contributed by atoms with Crippen LogP contribution >= 0.6 is 0 Å². The number of esters is 1. The van der Waals surface area contributed by atoms with E-state index in [1.54, 1.807) is 18.2 Å². The maximum atomic E-state index is 13.1. The highest BCUT2D eigenvalue weighted by Crippen LogP contribution is 2.65. The molecule has 5 rings (SSSR count). The van der Waals surface area contributed by atoms with Crippen molar-refractivity contribution in [3.05, 3.63) is 89.1 Å². The van der Waals surface area contributed by atoms with Gasteiger partial charge in [0.25, 0.3) is 0 Å². The number of halogens is 1. The maximum absolute atomic E-state index is 13.1. The molecule has 2 heterocycles. The molecule has 0 bridgehead atoms. The number of ether oxygens (including phenoxy) is 2. The Morgan fingerprint density at radius 1 is 1.36 bits per heavy atom. The molecule has 1 aromatic carbocycles. The third-order valence-electron chi connectivity index (χ3n) is 6.57. The highest BCUT2D eigenvalue weighted by atomic mass is 19.1. The number of aromatic nitrogens is 2. The number of fused-ring (bicyclic) bond motifs is 1. The van der Waals surface area contributed by atoms with Gasteiger partial charge in [-0.15, -0.1) is 0 Å². The maximum Gasteiger partial charge on any atom is 0.339 e. The van der Waals surface area contributed by atoms with E-state index in [0.29, 0.717) is 17.5 Å². The molecule has 1 saturated carbocycles. The van der Waals surface area contributed by atoms with Crippen molar-refractivity contribution in [2.24, 2.45) is 0 Å². The fraction of sp³-hybridized carbons (Fsp3) is 0.259. The van der Waals surface area contributed by atoms with Gasteiger partial charge >= 0.3 is 5.97 Å². The van der Waals surface area contributed by atoms with Gasteiger partial charge in [-0.3, -0.25) is 0 Å². The number of carbonyl (C=O) groups excluding carboxylic acids is 1. The molecular weight excluding hydrogens is 419 g/mol. The summed E-state index contributed by atoms with van der Waals surface area (Å²) < 4.78 is 26.2. The zero-order chi connectivity index (χ0) is 23.2. The van der Waals surface area contributed by atoms with Crippen LogP contribution in [-0.4, -0.2) is 34.1 Å². The monoisotopic (exact) mass is 442 g/mol. The average Bonchev–Trinajstić information content (AvgIpc) is 3.09. The first-order valence-electron chi connectivity index (χ1n) is 10.8. The van der Waals surface area contributed by atoms with E-state index in [2.05, 4.69) is 29.6 Å². The molecule has 1 spiro atoms. The minimum Gasteiger partial charge on any atom is -0.465 e. The molecule has 3 aliphatic rings. The van der Waals surface area contributed by atoms with Gasteiger partial charge in [0, 0.05) is 17.5 Å². The molecule has 33 heavy (non-hydrogen) atoms. The summed E-state index contributed by atoms with van der Waals surface area (Å²) in [6.45, 7) is 5.17. The van der Waals surface area contributed by atoms with Crippen LogP contribution in [0.25, 0.3) is 11.8 Å². The summed E-state index contributed by atoms with van der Waals surface area (Å²) >= 11 is 0. The molecule has 2 aromatic rings. The number of hydrogen-bond acceptors (Lipinski definition) is 4. The summed E-state index contributed by atoms with van der Waals surface area (Å²) in [5.41, 5.74) is 4.08. The van der Waals surface area contributed by atoms with Crippen molar-refractivity contribution in [2.75, 3.05) is 7.11 Å². The van der Waals surface area contributed by atoms with E-state index in [0.717, 1.165) is 29.8 Å². The molecule has 166 valence electrons. The van der Waals surface area contributed by atoms with E-state index in [9.17, 15) is 9.18 Å². The molecular formula is C27H23FN2O3. The standard InChI is InChI=1S/C27H23FN2O3/c1-4-22(10-9-18(2)28)30-24-15-21-12-14-26(27(21,33-26)16-20(24)17-29-30)13-11-19-7-5-6-8-23(19)25(31)32-3/h4-10,15,17H,2,12,14,16H2,1,3H3/b10-9-,22-4+. The summed E-state index contributed by atoms with van der Waals surface area (Å²) in [4.78, 5) is 12.1. The average molecular weight is 442 g/mol. The Bertz CT molecular complexity index is 1340. The minimum atomic E-state index is -0.558. The Morgan fingerprint density at radius 3 is 2.94 bits per heavy atom. The molecule has 2 atom stereocenters. The summed E-state index contributed by atoms with van der Waals surface area (Å²) in [7, 11) is 1.36. The number of epoxide rings is 1. The second-order valence-corrected chi connectivity index (χ2v) is 8.35. The summed E-state index contributed by atoms with van der Waals surface area (Å²) in [6, 6.07) is 7.17. The van der Waals surface area contributed by atoms with Crippen molar-refractivity contribution < 1.29 is 18.7 Å². The lowest BCUT2D eigenvalue weighted by molar-refractivity contribution is 0.0600.